The molecule has 0 atom stereocenters. The Morgan fingerprint density at radius 1 is 1.53 bits per heavy atom. The van der Waals surface area contributed by atoms with E-state index in [1.54, 1.807) is 7.11 Å². The van der Waals surface area contributed by atoms with E-state index in [9.17, 15) is 0 Å². The third-order valence-electron chi connectivity index (χ3n) is 2.17. The lowest BCUT2D eigenvalue weighted by atomic mass is 10.2. The molecule has 0 aliphatic heterocycles. The molecule has 0 bridgehead atoms. The van der Waals surface area contributed by atoms with Crippen LogP contribution in [0.5, 0.6) is 5.75 Å². The molecule has 0 aliphatic rings. The zero-order valence-electron chi connectivity index (χ0n) is 9.61. The van der Waals surface area contributed by atoms with E-state index in [-0.39, 0.29) is 5.84 Å². The largest absolute Gasteiger partial charge is 0.497 e. The van der Waals surface area contributed by atoms with Crippen molar-refractivity contribution in [3.05, 3.63) is 22.7 Å². The number of nitrogens with one attached hydrogen (secondary N) is 1. The van der Waals surface area contributed by atoms with E-state index in [4.69, 9.17) is 15.7 Å². The number of anilines is 1. The summed E-state index contributed by atoms with van der Waals surface area (Å²) < 4.78 is 6.11. The van der Waals surface area contributed by atoms with Gasteiger partial charge in [-0.1, -0.05) is 21.1 Å². The highest BCUT2D eigenvalue weighted by molar-refractivity contribution is 9.10. The van der Waals surface area contributed by atoms with Gasteiger partial charge in [-0.3, -0.25) is 0 Å². The van der Waals surface area contributed by atoms with E-state index >= 15 is 0 Å². The van der Waals surface area contributed by atoms with Crippen molar-refractivity contribution in [1.29, 1.82) is 0 Å². The molecule has 0 unspecified atom stereocenters. The number of benzene rings is 1. The van der Waals surface area contributed by atoms with Crippen molar-refractivity contribution in [3.63, 3.8) is 0 Å². The first-order valence-corrected chi connectivity index (χ1v) is 6.00. The highest BCUT2D eigenvalue weighted by atomic mass is 79.9. The number of methoxy groups -OCH3 is 1. The number of halogens is 1. The first kappa shape index (κ1) is 13.6. The van der Waals surface area contributed by atoms with Gasteiger partial charge in [0, 0.05) is 29.2 Å². The third-order valence-corrected chi connectivity index (χ3v) is 2.63. The molecule has 0 heterocycles. The molecule has 0 saturated carbocycles. The van der Waals surface area contributed by atoms with E-state index in [0.717, 1.165) is 28.9 Å². The van der Waals surface area contributed by atoms with Gasteiger partial charge < -0.3 is 21.0 Å². The molecule has 1 rings (SSSR count). The maximum atomic E-state index is 8.38. The zero-order valence-corrected chi connectivity index (χ0v) is 11.2. The van der Waals surface area contributed by atoms with Crippen molar-refractivity contribution in [2.75, 3.05) is 19.0 Å². The molecule has 0 aliphatic carbocycles. The summed E-state index contributed by atoms with van der Waals surface area (Å²) >= 11 is 3.41. The first-order valence-electron chi connectivity index (χ1n) is 5.20. The van der Waals surface area contributed by atoms with Crippen LogP contribution in [0.3, 0.4) is 0 Å². The topological polar surface area (TPSA) is 79.9 Å². The molecule has 0 radical (unpaired) electrons. The molecule has 0 saturated heterocycles. The molecular formula is C11H16BrN3O2. The number of oxime groups is 1. The van der Waals surface area contributed by atoms with E-state index < -0.39 is 0 Å². The van der Waals surface area contributed by atoms with Gasteiger partial charge in [0.1, 0.15) is 11.6 Å². The van der Waals surface area contributed by atoms with Crippen molar-refractivity contribution >= 4 is 27.5 Å². The summed E-state index contributed by atoms with van der Waals surface area (Å²) in [6.45, 7) is 0.746. The summed E-state index contributed by atoms with van der Waals surface area (Å²) in [5.41, 5.74) is 6.34. The predicted molar refractivity (Wildman–Crippen MR) is 71.8 cm³/mol. The maximum Gasteiger partial charge on any atom is 0.139 e. The average molecular weight is 302 g/mol. The molecule has 0 aromatic heterocycles. The molecule has 1 aromatic rings. The molecule has 17 heavy (non-hydrogen) atoms. The van der Waals surface area contributed by atoms with Crippen LogP contribution in [0.15, 0.2) is 27.8 Å². The number of hydrogen-bond acceptors (Lipinski definition) is 4. The van der Waals surface area contributed by atoms with Gasteiger partial charge >= 0.3 is 0 Å². The molecule has 4 N–H and O–H groups in total. The number of hydrogen-bond donors (Lipinski definition) is 3. The van der Waals surface area contributed by atoms with Crippen molar-refractivity contribution in [2.45, 2.75) is 12.8 Å². The Balaban J connectivity index is 2.43. The number of nitrogens with zero attached hydrogens (tertiary/aromatic N) is 1. The van der Waals surface area contributed by atoms with Crippen LogP contribution in [0.2, 0.25) is 0 Å². The van der Waals surface area contributed by atoms with Gasteiger partial charge in [-0.15, -0.1) is 0 Å². The molecule has 6 heteroatoms. The van der Waals surface area contributed by atoms with Crippen molar-refractivity contribution in [1.82, 2.24) is 0 Å². The van der Waals surface area contributed by atoms with Crippen LogP contribution < -0.4 is 15.8 Å². The summed E-state index contributed by atoms with van der Waals surface area (Å²) in [4.78, 5) is 0. The summed E-state index contributed by atoms with van der Waals surface area (Å²) in [7, 11) is 1.63. The lowest BCUT2D eigenvalue weighted by Gasteiger charge is -2.08. The third kappa shape index (κ3) is 4.95. The van der Waals surface area contributed by atoms with Gasteiger partial charge in [-0.2, -0.15) is 0 Å². The van der Waals surface area contributed by atoms with E-state index in [1.807, 2.05) is 18.2 Å². The van der Waals surface area contributed by atoms with E-state index in [0.29, 0.717) is 6.42 Å². The molecule has 5 nitrogen and oxygen atoms in total. The lowest BCUT2D eigenvalue weighted by Crippen LogP contribution is -2.13. The number of nitrogens with two attached hydrogens (primary N) is 1. The van der Waals surface area contributed by atoms with Crippen LogP contribution in [0.25, 0.3) is 0 Å². The fourth-order valence-electron chi connectivity index (χ4n) is 1.33. The number of ether oxygens (including phenoxy) is 1. The molecule has 94 valence electrons. The quantitative estimate of drug-likeness (QED) is 0.248. The SMILES string of the molecule is COc1cc(Br)cc(NCCC/C(N)=N/O)c1. The molecule has 0 fully saturated rings. The number of amidine groups is 1. The van der Waals surface area contributed by atoms with Crippen LogP contribution in [0, 0.1) is 0 Å². The molecular weight excluding hydrogens is 286 g/mol. The van der Waals surface area contributed by atoms with Crippen LogP contribution in [-0.4, -0.2) is 24.7 Å². The Morgan fingerprint density at radius 2 is 2.29 bits per heavy atom. The maximum absolute atomic E-state index is 8.38. The molecule has 1 aromatic carbocycles. The highest BCUT2D eigenvalue weighted by Crippen LogP contribution is 2.24. The van der Waals surface area contributed by atoms with Crippen molar-refractivity contribution in [2.24, 2.45) is 10.9 Å². The predicted octanol–water partition coefficient (Wildman–Crippen LogP) is 2.40. The first-order chi connectivity index (χ1) is 8.15. The number of rotatable bonds is 6. The second-order valence-corrected chi connectivity index (χ2v) is 4.42. The van der Waals surface area contributed by atoms with Crippen LogP contribution in [0.4, 0.5) is 5.69 Å². The lowest BCUT2D eigenvalue weighted by molar-refractivity contribution is 0.316. The van der Waals surface area contributed by atoms with Crippen molar-refractivity contribution in [3.8, 4) is 5.75 Å². The Labute approximate surface area is 109 Å². The van der Waals surface area contributed by atoms with Crippen LogP contribution in [-0.2, 0) is 0 Å². The second-order valence-electron chi connectivity index (χ2n) is 3.50. The van der Waals surface area contributed by atoms with Crippen molar-refractivity contribution < 1.29 is 9.94 Å². The van der Waals surface area contributed by atoms with E-state index in [1.165, 1.54) is 0 Å². The smallest absolute Gasteiger partial charge is 0.139 e. The van der Waals surface area contributed by atoms with Gasteiger partial charge in [-0.05, 0) is 18.6 Å². The fourth-order valence-corrected chi connectivity index (χ4v) is 1.81. The fraction of sp³-hybridized carbons (Fsp3) is 0.364. The van der Waals surface area contributed by atoms with Gasteiger partial charge in [0.15, 0.2) is 0 Å². The van der Waals surface area contributed by atoms with E-state index in [2.05, 4.69) is 26.4 Å². The summed E-state index contributed by atoms with van der Waals surface area (Å²) in [5, 5.41) is 14.5. The minimum absolute atomic E-state index is 0.249. The minimum atomic E-state index is 0.249. The zero-order chi connectivity index (χ0) is 12.7. The van der Waals surface area contributed by atoms with Gasteiger partial charge in [0.2, 0.25) is 0 Å². The highest BCUT2D eigenvalue weighted by Gasteiger charge is 1.99. The summed E-state index contributed by atoms with van der Waals surface area (Å²) in [6, 6.07) is 5.77. The summed E-state index contributed by atoms with van der Waals surface area (Å²) in [6.07, 6.45) is 1.36. The Morgan fingerprint density at radius 3 is 2.94 bits per heavy atom. The minimum Gasteiger partial charge on any atom is -0.497 e. The Bertz CT molecular complexity index is 396. The van der Waals surface area contributed by atoms with Crippen LogP contribution >= 0.6 is 15.9 Å². The second kappa shape index (κ2) is 7.01. The average Bonchev–Trinajstić information content (AvgIpc) is 2.33. The summed E-state index contributed by atoms with van der Waals surface area (Å²) in [5.74, 6) is 1.04. The van der Waals surface area contributed by atoms with Gasteiger partial charge in [0.05, 0.1) is 7.11 Å². The standard InChI is InChI=1S/C11H16BrN3O2/c1-17-10-6-8(12)5-9(7-10)14-4-2-3-11(13)15-16/h5-7,14,16H,2-4H2,1H3,(H2,13,15). The normalized spacial score (nSPS) is 11.3. The molecule has 0 spiro atoms. The monoisotopic (exact) mass is 301 g/mol. The Hall–Kier alpha value is -1.43. The molecule has 0 amide bonds. The van der Waals surface area contributed by atoms with Crippen LogP contribution in [0.1, 0.15) is 12.8 Å². The Kier molecular flexibility index (Phi) is 5.62. The van der Waals surface area contributed by atoms with Gasteiger partial charge in [-0.25, -0.2) is 0 Å². The van der Waals surface area contributed by atoms with Gasteiger partial charge in [0.25, 0.3) is 0 Å².